The minimum absolute atomic E-state index is 0.411. The normalized spacial score (nSPS) is 11.9. The fraction of sp³-hybridized carbons (Fsp3) is 0.417. The van der Waals surface area contributed by atoms with Crippen LogP contribution < -0.4 is 0 Å². The lowest BCUT2D eigenvalue weighted by atomic mass is 10.1. The Kier molecular flexibility index (Phi) is 4.99. The Bertz CT molecular complexity index is 438. The molecule has 0 heterocycles. The zero-order valence-corrected chi connectivity index (χ0v) is 10.1. The monoisotopic (exact) mass is 281 g/mol. The molecule has 0 amide bonds. The number of hydrogen-bond acceptors (Lipinski definition) is 2. The molecule has 0 spiro atoms. The molecule has 0 radical (unpaired) electrons. The molecule has 0 aliphatic heterocycles. The molecule has 0 atom stereocenters. The van der Waals surface area contributed by atoms with E-state index in [0.29, 0.717) is 0 Å². The van der Waals surface area contributed by atoms with E-state index < -0.39 is 48.7 Å². The minimum Gasteiger partial charge on any atom is -0.299 e. The van der Waals surface area contributed by atoms with Gasteiger partial charge in [-0.25, -0.2) is 8.78 Å². The number of carbonyl (C=O) groups is 1. The third-order valence-electron chi connectivity index (χ3n) is 2.43. The number of halogens is 5. The average molecular weight is 281 g/mol. The van der Waals surface area contributed by atoms with Gasteiger partial charge in [0.1, 0.15) is 11.6 Å². The lowest BCUT2D eigenvalue weighted by molar-refractivity contribution is -0.137. The van der Waals surface area contributed by atoms with Crippen molar-refractivity contribution < 1.29 is 26.7 Å². The molecule has 2 nitrogen and oxygen atoms in total. The number of hydrogen-bond donors (Lipinski definition) is 0. The quantitative estimate of drug-likeness (QED) is 0.611. The molecule has 1 aromatic rings. The van der Waals surface area contributed by atoms with Gasteiger partial charge in [0.05, 0.1) is 18.5 Å². The predicted octanol–water partition coefficient (Wildman–Crippen LogP) is 3.03. The van der Waals surface area contributed by atoms with Gasteiger partial charge in [0.15, 0.2) is 5.78 Å². The summed E-state index contributed by atoms with van der Waals surface area (Å²) in [6.45, 7) is -0.890. The van der Waals surface area contributed by atoms with Crippen LogP contribution in [0, 0.1) is 11.6 Å². The van der Waals surface area contributed by atoms with Gasteiger partial charge in [0, 0.05) is 6.54 Å². The first kappa shape index (κ1) is 15.6. The number of Topliss-reactive ketones (excluding diaryl/α,β-unsaturated/α-hetero) is 1. The Hall–Kier alpha value is -1.50. The molecule has 0 aliphatic rings. The summed E-state index contributed by atoms with van der Waals surface area (Å²) in [5, 5.41) is 0. The molecule has 0 saturated heterocycles. The van der Waals surface area contributed by atoms with Crippen LogP contribution in [0.3, 0.4) is 0 Å². The van der Waals surface area contributed by atoms with Crippen LogP contribution in [0.1, 0.15) is 16.8 Å². The Morgan fingerprint density at radius 3 is 2.21 bits per heavy atom. The van der Waals surface area contributed by atoms with Crippen molar-refractivity contribution in [1.82, 2.24) is 4.90 Å². The molecular weight excluding hydrogens is 269 g/mol. The smallest absolute Gasteiger partial charge is 0.299 e. The fourth-order valence-corrected chi connectivity index (χ4v) is 1.49. The number of alkyl halides is 3. The van der Waals surface area contributed by atoms with Crippen LogP contribution in [0.5, 0.6) is 0 Å². The van der Waals surface area contributed by atoms with Crippen LogP contribution in [0.15, 0.2) is 18.2 Å². The second kappa shape index (κ2) is 6.10. The van der Waals surface area contributed by atoms with E-state index in [4.69, 9.17) is 0 Å². The van der Waals surface area contributed by atoms with Gasteiger partial charge in [-0.15, -0.1) is 0 Å². The third kappa shape index (κ3) is 4.94. The molecule has 7 heteroatoms. The van der Waals surface area contributed by atoms with Crippen LogP contribution in [-0.2, 0) is 0 Å². The molecule has 0 fully saturated rings. The van der Waals surface area contributed by atoms with Crippen molar-refractivity contribution in [3.63, 3.8) is 0 Å². The summed E-state index contributed by atoms with van der Waals surface area (Å²) in [5.74, 6) is -2.93. The van der Waals surface area contributed by atoms with E-state index in [1.165, 1.54) is 7.05 Å². The van der Waals surface area contributed by atoms with Crippen molar-refractivity contribution in [3.05, 3.63) is 35.4 Å². The molecule has 0 aromatic heterocycles. The molecule has 0 bridgehead atoms. The van der Waals surface area contributed by atoms with Crippen molar-refractivity contribution in [2.45, 2.75) is 12.6 Å². The van der Waals surface area contributed by atoms with Gasteiger partial charge in [0.2, 0.25) is 0 Å². The number of nitrogens with zero attached hydrogens (tertiary/aromatic N) is 1. The van der Waals surface area contributed by atoms with Crippen molar-refractivity contribution in [2.24, 2.45) is 0 Å². The molecule has 0 N–H and O–H groups in total. The van der Waals surface area contributed by atoms with Crippen LogP contribution in [0.4, 0.5) is 22.0 Å². The van der Waals surface area contributed by atoms with E-state index >= 15 is 0 Å². The minimum atomic E-state index is -4.33. The molecular formula is C12H12F5NO. The summed E-state index contributed by atoms with van der Waals surface area (Å²) < 4.78 is 62.5. The van der Waals surface area contributed by atoms with E-state index in [9.17, 15) is 26.7 Å². The highest BCUT2D eigenvalue weighted by atomic mass is 19.4. The summed E-state index contributed by atoms with van der Waals surface area (Å²) in [4.78, 5) is 12.7. The van der Waals surface area contributed by atoms with E-state index in [0.717, 1.165) is 23.1 Å². The Balaban J connectivity index is 2.65. The fourth-order valence-electron chi connectivity index (χ4n) is 1.49. The lowest BCUT2D eigenvalue weighted by Crippen LogP contribution is -2.30. The zero-order chi connectivity index (χ0) is 14.6. The van der Waals surface area contributed by atoms with Crippen LogP contribution >= 0.6 is 0 Å². The van der Waals surface area contributed by atoms with E-state index in [1.54, 1.807) is 0 Å². The molecule has 1 rings (SSSR count). The molecule has 1 aromatic carbocycles. The highest BCUT2D eigenvalue weighted by Gasteiger charge is 2.27. The van der Waals surface area contributed by atoms with Gasteiger partial charge in [-0.2, -0.15) is 13.2 Å². The predicted molar refractivity (Wildman–Crippen MR) is 58.9 cm³/mol. The van der Waals surface area contributed by atoms with Gasteiger partial charge >= 0.3 is 6.18 Å². The molecule has 0 saturated carbocycles. The SMILES string of the molecule is CN(CCC(F)(F)F)CC(=O)c1c(F)cccc1F. The maximum Gasteiger partial charge on any atom is 0.390 e. The number of benzene rings is 1. The van der Waals surface area contributed by atoms with Gasteiger partial charge in [-0.1, -0.05) is 6.07 Å². The summed E-state index contributed by atoms with van der Waals surface area (Å²) >= 11 is 0. The number of rotatable bonds is 5. The number of ketones is 1. The Labute approximate surface area is 106 Å². The average Bonchev–Trinajstić information content (AvgIpc) is 2.25. The van der Waals surface area contributed by atoms with Crippen molar-refractivity contribution in [1.29, 1.82) is 0 Å². The topological polar surface area (TPSA) is 20.3 Å². The van der Waals surface area contributed by atoms with Crippen LogP contribution in [0.25, 0.3) is 0 Å². The Morgan fingerprint density at radius 1 is 1.21 bits per heavy atom. The Morgan fingerprint density at radius 2 is 1.74 bits per heavy atom. The molecule has 0 aliphatic carbocycles. The van der Waals surface area contributed by atoms with Crippen LogP contribution in [-0.4, -0.2) is 37.0 Å². The van der Waals surface area contributed by atoms with E-state index in [2.05, 4.69) is 0 Å². The standard InChI is InChI=1S/C12H12F5NO/c1-18(6-5-12(15,16)17)7-10(19)11-8(13)3-2-4-9(11)14/h2-4H,5-7H2,1H3. The number of carbonyl (C=O) groups excluding carboxylic acids is 1. The molecule has 106 valence electrons. The summed E-state index contributed by atoms with van der Waals surface area (Å²) in [6.07, 6.45) is -5.42. The molecule has 19 heavy (non-hydrogen) atoms. The van der Waals surface area contributed by atoms with E-state index in [-0.39, 0.29) is 0 Å². The first-order valence-corrected chi connectivity index (χ1v) is 5.43. The van der Waals surface area contributed by atoms with Gasteiger partial charge < -0.3 is 0 Å². The highest BCUT2D eigenvalue weighted by molar-refractivity contribution is 5.98. The van der Waals surface area contributed by atoms with Crippen LogP contribution in [0.2, 0.25) is 0 Å². The van der Waals surface area contributed by atoms with Gasteiger partial charge in [-0.05, 0) is 19.2 Å². The summed E-state index contributed by atoms with van der Waals surface area (Å²) in [6, 6.07) is 2.95. The maximum absolute atomic E-state index is 13.3. The van der Waals surface area contributed by atoms with E-state index in [1.807, 2.05) is 0 Å². The first-order valence-electron chi connectivity index (χ1n) is 5.43. The van der Waals surface area contributed by atoms with Gasteiger partial charge in [-0.3, -0.25) is 9.69 Å². The first-order chi connectivity index (χ1) is 8.70. The third-order valence-corrected chi connectivity index (χ3v) is 2.43. The summed E-state index contributed by atoms with van der Waals surface area (Å²) in [7, 11) is 1.28. The lowest BCUT2D eigenvalue weighted by Gasteiger charge is -2.17. The molecule has 0 unspecified atom stereocenters. The maximum atomic E-state index is 13.3. The number of likely N-dealkylation sites (N-methyl/N-ethyl adjacent to an activating group) is 1. The van der Waals surface area contributed by atoms with Crippen molar-refractivity contribution in [2.75, 3.05) is 20.1 Å². The summed E-state index contributed by atoms with van der Waals surface area (Å²) in [5.41, 5.74) is -0.721. The second-order valence-corrected chi connectivity index (χ2v) is 4.12. The van der Waals surface area contributed by atoms with Crippen molar-refractivity contribution >= 4 is 5.78 Å². The highest BCUT2D eigenvalue weighted by Crippen LogP contribution is 2.19. The van der Waals surface area contributed by atoms with Gasteiger partial charge in [0.25, 0.3) is 0 Å². The van der Waals surface area contributed by atoms with Crippen molar-refractivity contribution in [3.8, 4) is 0 Å². The second-order valence-electron chi connectivity index (χ2n) is 4.12. The largest absolute Gasteiger partial charge is 0.390 e. The zero-order valence-electron chi connectivity index (χ0n) is 10.1.